The molecule has 0 aromatic heterocycles. The van der Waals surface area contributed by atoms with Gasteiger partial charge < -0.3 is 15.4 Å². The Bertz CT molecular complexity index is 528. The third-order valence-corrected chi connectivity index (χ3v) is 2.89. The molecule has 0 fully saturated rings. The topological polar surface area (TPSA) is 50.4 Å². The summed E-state index contributed by atoms with van der Waals surface area (Å²) in [4.78, 5) is 11.4. The second-order valence-electron chi connectivity index (χ2n) is 5.54. The summed E-state index contributed by atoms with van der Waals surface area (Å²) >= 11 is 3.02. The molecular weight excluding hydrogens is 365 g/mol. The zero-order chi connectivity index (χ0) is 17.0. The van der Waals surface area contributed by atoms with Crippen molar-refractivity contribution in [2.45, 2.75) is 32.5 Å². The van der Waals surface area contributed by atoms with Gasteiger partial charge in [0, 0.05) is 23.2 Å². The van der Waals surface area contributed by atoms with Crippen LogP contribution in [0, 0.1) is 0 Å². The van der Waals surface area contributed by atoms with Gasteiger partial charge in [-0.25, -0.2) is 4.79 Å². The largest absolute Gasteiger partial charge is 0.444 e. The van der Waals surface area contributed by atoms with Crippen molar-refractivity contribution in [1.82, 2.24) is 5.32 Å². The number of rotatable bonds is 4. The molecule has 1 aromatic carbocycles. The number of hydrogen-bond donors (Lipinski definition) is 2. The van der Waals surface area contributed by atoms with E-state index < -0.39 is 23.4 Å². The number of carbonyl (C=O) groups is 1. The standard InChI is InChI=1S/C14H18BrF3N2O2/c1-13(2,3)22-12(21)20-7-6-19-11-5-4-9(15)8-10(11)14(16,17)18/h4-5,8,19H,6-7H2,1-3H3,(H,20,21). The Hall–Kier alpha value is -1.44. The van der Waals surface area contributed by atoms with Crippen molar-refractivity contribution in [3.05, 3.63) is 28.2 Å². The molecule has 0 atom stereocenters. The number of alkyl carbamates (subject to hydrolysis) is 1. The summed E-state index contributed by atoms with van der Waals surface area (Å²) in [5.74, 6) is 0. The van der Waals surface area contributed by atoms with Crippen molar-refractivity contribution in [3.63, 3.8) is 0 Å². The first-order chi connectivity index (χ1) is 9.99. The first-order valence-corrected chi connectivity index (χ1v) is 7.36. The summed E-state index contributed by atoms with van der Waals surface area (Å²) in [6.07, 6.45) is -5.06. The van der Waals surface area contributed by atoms with Crippen LogP contribution in [-0.2, 0) is 10.9 Å². The molecule has 0 heterocycles. The fourth-order valence-corrected chi connectivity index (χ4v) is 1.94. The van der Waals surface area contributed by atoms with Gasteiger partial charge in [0.15, 0.2) is 0 Å². The van der Waals surface area contributed by atoms with Gasteiger partial charge in [-0.05, 0) is 39.0 Å². The number of benzene rings is 1. The minimum atomic E-state index is -4.45. The molecule has 1 amide bonds. The van der Waals surface area contributed by atoms with Gasteiger partial charge in [-0.1, -0.05) is 15.9 Å². The lowest BCUT2D eigenvalue weighted by molar-refractivity contribution is -0.137. The van der Waals surface area contributed by atoms with E-state index in [0.717, 1.165) is 6.07 Å². The Morgan fingerprint density at radius 3 is 2.41 bits per heavy atom. The average molecular weight is 383 g/mol. The van der Waals surface area contributed by atoms with E-state index in [4.69, 9.17) is 4.74 Å². The van der Waals surface area contributed by atoms with E-state index in [1.165, 1.54) is 12.1 Å². The average Bonchev–Trinajstić information content (AvgIpc) is 2.32. The van der Waals surface area contributed by atoms with Crippen molar-refractivity contribution >= 4 is 27.7 Å². The monoisotopic (exact) mass is 382 g/mol. The molecule has 0 radical (unpaired) electrons. The first kappa shape index (κ1) is 18.6. The lowest BCUT2D eigenvalue weighted by Gasteiger charge is -2.20. The van der Waals surface area contributed by atoms with E-state index in [1.807, 2.05) is 0 Å². The molecule has 0 unspecified atom stereocenters. The highest BCUT2D eigenvalue weighted by molar-refractivity contribution is 9.10. The summed E-state index contributed by atoms with van der Waals surface area (Å²) in [5.41, 5.74) is -1.42. The van der Waals surface area contributed by atoms with E-state index in [9.17, 15) is 18.0 Å². The molecule has 8 heteroatoms. The smallest absolute Gasteiger partial charge is 0.418 e. The van der Waals surface area contributed by atoms with Crippen LogP contribution in [0.4, 0.5) is 23.7 Å². The molecule has 1 rings (SSSR count). The van der Waals surface area contributed by atoms with Crippen molar-refractivity contribution in [1.29, 1.82) is 0 Å². The number of alkyl halides is 3. The lowest BCUT2D eigenvalue weighted by atomic mass is 10.1. The van der Waals surface area contributed by atoms with Gasteiger partial charge in [0.1, 0.15) is 5.60 Å². The summed E-state index contributed by atoms with van der Waals surface area (Å²) < 4.78 is 44.1. The molecule has 2 N–H and O–H groups in total. The maximum atomic E-state index is 12.9. The third-order valence-electron chi connectivity index (χ3n) is 2.40. The Labute approximate surface area is 135 Å². The lowest BCUT2D eigenvalue weighted by Crippen LogP contribution is -2.35. The fourth-order valence-electron chi connectivity index (χ4n) is 1.58. The number of hydrogen-bond acceptors (Lipinski definition) is 3. The van der Waals surface area contributed by atoms with Crippen LogP contribution in [0.5, 0.6) is 0 Å². The van der Waals surface area contributed by atoms with Crippen LogP contribution >= 0.6 is 15.9 Å². The molecule has 0 spiro atoms. The highest BCUT2D eigenvalue weighted by Gasteiger charge is 2.33. The van der Waals surface area contributed by atoms with E-state index >= 15 is 0 Å². The Kier molecular flexibility index (Phi) is 6.10. The predicted octanol–water partition coefficient (Wildman–Crippen LogP) is 4.40. The second kappa shape index (κ2) is 7.21. The van der Waals surface area contributed by atoms with Gasteiger partial charge in [0.2, 0.25) is 0 Å². The highest BCUT2D eigenvalue weighted by Crippen LogP contribution is 2.36. The summed E-state index contributed by atoms with van der Waals surface area (Å²) in [5, 5.41) is 5.12. The molecule has 0 aliphatic carbocycles. The highest BCUT2D eigenvalue weighted by atomic mass is 79.9. The summed E-state index contributed by atoms with van der Waals surface area (Å²) in [6.45, 7) is 5.46. The molecule has 124 valence electrons. The van der Waals surface area contributed by atoms with Crippen molar-refractivity contribution in [2.75, 3.05) is 18.4 Å². The number of ether oxygens (including phenoxy) is 1. The molecule has 4 nitrogen and oxygen atoms in total. The SMILES string of the molecule is CC(C)(C)OC(=O)NCCNc1ccc(Br)cc1C(F)(F)F. The van der Waals surface area contributed by atoms with Crippen LogP contribution in [0.2, 0.25) is 0 Å². The molecule has 22 heavy (non-hydrogen) atoms. The van der Waals surface area contributed by atoms with Gasteiger partial charge >= 0.3 is 12.3 Å². The van der Waals surface area contributed by atoms with E-state index in [2.05, 4.69) is 26.6 Å². The van der Waals surface area contributed by atoms with Crippen LogP contribution in [0.1, 0.15) is 26.3 Å². The second-order valence-corrected chi connectivity index (χ2v) is 6.46. The van der Waals surface area contributed by atoms with Crippen LogP contribution in [0.25, 0.3) is 0 Å². The van der Waals surface area contributed by atoms with Gasteiger partial charge in [-0.15, -0.1) is 0 Å². The third kappa shape index (κ3) is 6.55. The van der Waals surface area contributed by atoms with Gasteiger partial charge in [-0.2, -0.15) is 13.2 Å². The number of halogens is 4. The predicted molar refractivity (Wildman–Crippen MR) is 81.9 cm³/mol. The molecule has 0 bridgehead atoms. The van der Waals surface area contributed by atoms with Gasteiger partial charge in [0.05, 0.1) is 5.56 Å². The molecular formula is C14H18BrF3N2O2. The first-order valence-electron chi connectivity index (χ1n) is 6.56. The molecule has 0 saturated heterocycles. The maximum absolute atomic E-state index is 12.9. The minimum Gasteiger partial charge on any atom is -0.444 e. The van der Waals surface area contributed by atoms with Gasteiger partial charge in [-0.3, -0.25) is 0 Å². The molecule has 0 saturated carbocycles. The van der Waals surface area contributed by atoms with E-state index in [0.29, 0.717) is 4.47 Å². The van der Waals surface area contributed by atoms with Crippen LogP contribution in [-0.4, -0.2) is 24.8 Å². The maximum Gasteiger partial charge on any atom is 0.418 e. The number of anilines is 1. The number of nitrogens with one attached hydrogen (secondary N) is 2. The molecule has 0 aliphatic heterocycles. The van der Waals surface area contributed by atoms with Crippen LogP contribution in [0.15, 0.2) is 22.7 Å². The zero-order valence-corrected chi connectivity index (χ0v) is 14.1. The summed E-state index contributed by atoms with van der Waals surface area (Å²) in [6, 6.07) is 3.85. The van der Waals surface area contributed by atoms with Crippen molar-refractivity contribution in [3.8, 4) is 0 Å². The quantitative estimate of drug-likeness (QED) is 0.758. The Morgan fingerprint density at radius 1 is 1.23 bits per heavy atom. The van der Waals surface area contributed by atoms with Gasteiger partial charge in [0.25, 0.3) is 0 Å². The number of carbonyl (C=O) groups excluding carboxylic acids is 1. The van der Waals surface area contributed by atoms with E-state index in [1.54, 1.807) is 20.8 Å². The Balaban J connectivity index is 2.54. The molecule has 1 aromatic rings. The number of amides is 1. The fraction of sp³-hybridized carbons (Fsp3) is 0.500. The molecule has 0 aliphatic rings. The minimum absolute atomic E-state index is 0.0401. The van der Waals surface area contributed by atoms with Crippen molar-refractivity contribution in [2.24, 2.45) is 0 Å². The Morgan fingerprint density at radius 2 is 1.86 bits per heavy atom. The van der Waals surface area contributed by atoms with Crippen LogP contribution in [0.3, 0.4) is 0 Å². The van der Waals surface area contributed by atoms with Crippen LogP contribution < -0.4 is 10.6 Å². The van der Waals surface area contributed by atoms with E-state index in [-0.39, 0.29) is 18.8 Å². The van der Waals surface area contributed by atoms with Crippen molar-refractivity contribution < 1.29 is 22.7 Å². The zero-order valence-electron chi connectivity index (χ0n) is 12.5. The normalized spacial score (nSPS) is 12.0. The summed E-state index contributed by atoms with van der Waals surface area (Å²) in [7, 11) is 0.